The first-order chi connectivity index (χ1) is 18.1. The summed E-state index contributed by atoms with van der Waals surface area (Å²) in [6, 6.07) is 7.44. The van der Waals surface area contributed by atoms with Crippen molar-refractivity contribution < 1.29 is 32.2 Å². The molecule has 0 spiro atoms. The first kappa shape index (κ1) is 26.4. The van der Waals surface area contributed by atoms with E-state index in [0.29, 0.717) is 22.7 Å². The van der Waals surface area contributed by atoms with Crippen molar-refractivity contribution in [2.45, 2.75) is 20.0 Å². The summed E-state index contributed by atoms with van der Waals surface area (Å²) >= 11 is 0. The van der Waals surface area contributed by atoms with E-state index in [2.05, 4.69) is 25.4 Å². The number of nitrogens with zero attached hydrogens (tertiary/aromatic N) is 5. The number of alkyl halides is 3. The predicted octanol–water partition coefficient (Wildman–Crippen LogP) is 4.99. The van der Waals surface area contributed by atoms with Crippen LogP contribution in [0.5, 0.6) is 11.5 Å². The fourth-order valence-electron chi connectivity index (χ4n) is 3.55. The molecule has 0 saturated carbocycles. The van der Waals surface area contributed by atoms with Gasteiger partial charge in [0.1, 0.15) is 11.5 Å². The minimum Gasteiger partial charge on any atom is -0.497 e. The van der Waals surface area contributed by atoms with E-state index in [9.17, 15) is 18.0 Å². The van der Waals surface area contributed by atoms with Crippen LogP contribution in [0.3, 0.4) is 0 Å². The highest BCUT2D eigenvalue weighted by Gasteiger charge is 2.35. The number of nitrogens with one attached hydrogen (secondary N) is 1. The van der Waals surface area contributed by atoms with E-state index in [1.807, 2.05) is 0 Å². The third-order valence-electron chi connectivity index (χ3n) is 5.32. The lowest BCUT2D eigenvalue weighted by Gasteiger charge is -2.14. The molecule has 0 fully saturated rings. The number of halogens is 3. The van der Waals surface area contributed by atoms with Crippen LogP contribution in [0.1, 0.15) is 28.7 Å². The molecule has 0 aliphatic heterocycles. The Morgan fingerprint density at radius 3 is 2.34 bits per heavy atom. The Morgan fingerprint density at radius 2 is 1.74 bits per heavy atom. The average molecular weight is 528 g/mol. The van der Waals surface area contributed by atoms with Gasteiger partial charge in [0.2, 0.25) is 5.95 Å². The molecule has 0 bridgehead atoms. The van der Waals surface area contributed by atoms with Crippen molar-refractivity contribution in [3.63, 3.8) is 0 Å². The molecule has 0 atom stereocenters. The minimum atomic E-state index is -4.66. The van der Waals surface area contributed by atoms with Crippen LogP contribution in [0.25, 0.3) is 16.9 Å². The van der Waals surface area contributed by atoms with Gasteiger partial charge in [0.05, 0.1) is 26.4 Å². The number of aromatic nitrogens is 5. The largest absolute Gasteiger partial charge is 0.497 e. The summed E-state index contributed by atoms with van der Waals surface area (Å²) in [6.45, 7) is 3.31. The Balaban J connectivity index is 1.85. The fraction of sp³-hybridized carbons (Fsp3) is 0.240. The Bertz CT molecular complexity index is 1450. The molecule has 0 radical (unpaired) electrons. The van der Waals surface area contributed by atoms with Gasteiger partial charge in [0.25, 0.3) is 0 Å². The zero-order chi connectivity index (χ0) is 27.4. The second-order valence-corrected chi connectivity index (χ2v) is 7.92. The van der Waals surface area contributed by atoms with Crippen molar-refractivity contribution in [1.29, 1.82) is 0 Å². The van der Waals surface area contributed by atoms with Crippen molar-refractivity contribution in [3.8, 4) is 28.4 Å². The number of carbonyl (C=O) groups is 1. The third kappa shape index (κ3) is 5.66. The molecule has 3 aromatic heterocycles. The van der Waals surface area contributed by atoms with Gasteiger partial charge in [-0.15, -0.1) is 0 Å². The normalized spacial score (nSPS) is 11.2. The number of hydrogen-bond acceptors (Lipinski definition) is 9. The highest BCUT2D eigenvalue weighted by Crippen LogP contribution is 2.33. The van der Waals surface area contributed by atoms with Crippen LogP contribution in [0.4, 0.5) is 24.8 Å². The second-order valence-electron chi connectivity index (χ2n) is 7.92. The van der Waals surface area contributed by atoms with Crippen molar-refractivity contribution in [2.75, 3.05) is 26.1 Å². The first-order valence-corrected chi connectivity index (χ1v) is 11.3. The SMILES string of the molecule is CCOC(=O)c1cncc(-c2cnc(Nc3cc(OC)cc(OC)c3)nc2-n2nc(C(F)(F)F)cc2C)c1. The summed E-state index contributed by atoms with van der Waals surface area (Å²) in [7, 11) is 3.00. The number of esters is 1. The number of pyridine rings is 1. The quantitative estimate of drug-likeness (QED) is 0.316. The minimum absolute atomic E-state index is 0.0353. The van der Waals surface area contributed by atoms with Crippen LogP contribution in [0.2, 0.25) is 0 Å². The van der Waals surface area contributed by atoms with Crippen LogP contribution in [-0.2, 0) is 10.9 Å². The molecule has 0 amide bonds. The van der Waals surface area contributed by atoms with Gasteiger partial charge in [-0.25, -0.2) is 14.5 Å². The monoisotopic (exact) mass is 528 g/mol. The molecule has 0 aliphatic rings. The average Bonchev–Trinajstić information content (AvgIpc) is 3.30. The highest BCUT2D eigenvalue weighted by atomic mass is 19.4. The van der Waals surface area contributed by atoms with E-state index in [1.165, 1.54) is 45.8 Å². The van der Waals surface area contributed by atoms with E-state index in [-0.39, 0.29) is 35.2 Å². The van der Waals surface area contributed by atoms with Gasteiger partial charge < -0.3 is 19.5 Å². The highest BCUT2D eigenvalue weighted by molar-refractivity contribution is 5.91. The molecule has 13 heteroatoms. The Kier molecular flexibility index (Phi) is 7.46. The molecule has 1 N–H and O–H groups in total. The molecule has 0 aliphatic carbocycles. The van der Waals surface area contributed by atoms with E-state index in [0.717, 1.165) is 10.7 Å². The molecule has 10 nitrogen and oxygen atoms in total. The van der Waals surface area contributed by atoms with Crippen molar-refractivity contribution in [2.24, 2.45) is 0 Å². The van der Waals surface area contributed by atoms with Gasteiger partial charge in [-0.05, 0) is 26.0 Å². The summed E-state index contributed by atoms with van der Waals surface area (Å²) in [5.74, 6) is 0.515. The number of carbonyl (C=O) groups excluding carboxylic acids is 1. The van der Waals surface area contributed by atoms with Gasteiger partial charge in [-0.1, -0.05) is 0 Å². The number of methoxy groups -OCH3 is 2. The maximum Gasteiger partial charge on any atom is 0.435 e. The van der Waals surface area contributed by atoms with Gasteiger partial charge >= 0.3 is 12.1 Å². The Morgan fingerprint density at radius 1 is 1.03 bits per heavy atom. The summed E-state index contributed by atoms with van der Waals surface area (Å²) < 4.78 is 57.0. The van der Waals surface area contributed by atoms with E-state index >= 15 is 0 Å². The van der Waals surface area contributed by atoms with Crippen molar-refractivity contribution in [3.05, 3.63) is 65.9 Å². The number of anilines is 2. The summed E-state index contributed by atoms with van der Waals surface area (Å²) in [4.78, 5) is 25.1. The molecule has 0 saturated heterocycles. The second kappa shape index (κ2) is 10.7. The predicted molar refractivity (Wildman–Crippen MR) is 131 cm³/mol. The molecule has 38 heavy (non-hydrogen) atoms. The molecular formula is C25H23F3N6O4. The summed E-state index contributed by atoms with van der Waals surface area (Å²) in [6.07, 6.45) is -0.487. The topological polar surface area (TPSA) is 113 Å². The maximum atomic E-state index is 13.4. The van der Waals surface area contributed by atoms with Crippen LogP contribution in [0, 0.1) is 6.92 Å². The number of benzene rings is 1. The third-order valence-corrected chi connectivity index (χ3v) is 5.32. The number of aryl methyl sites for hydroxylation is 1. The molecule has 0 unspecified atom stereocenters. The molecule has 3 heterocycles. The first-order valence-electron chi connectivity index (χ1n) is 11.3. The summed E-state index contributed by atoms with van der Waals surface area (Å²) in [5.41, 5.74) is 0.444. The van der Waals surface area contributed by atoms with E-state index in [4.69, 9.17) is 14.2 Å². The molecule has 1 aromatic carbocycles. The van der Waals surface area contributed by atoms with Gasteiger partial charge in [0, 0.05) is 59.3 Å². The zero-order valence-corrected chi connectivity index (χ0v) is 20.8. The Labute approximate surface area is 215 Å². The number of ether oxygens (including phenoxy) is 3. The molecule has 4 aromatic rings. The molecular weight excluding hydrogens is 505 g/mol. The van der Waals surface area contributed by atoms with Gasteiger partial charge in [-0.3, -0.25) is 4.98 Å². The Hall–Kier alpha value is -4.68. The van der Waals surface area contributed by atoms with Crippen LogP contribution in [0.15, 0.2) is 48.9 Å². The fourth-order valence-corrected chi connectivity index (χ4v) is 3.55. The van der Waals surface area contributed by atoms with E-state index < -0.39 is 17.8 Å². The number of hydrogen-bond donors (Lipinski definition) is 1. The maximum absolute atomic E-state index is 13.4. The number of rotatable bonds is 8. The van der Waals surface area contributed by atoms with Gasteiger partial charge in [-0.2, -0.15) is 23.3 Å². The lowest BCUT2D eigenvalue weighted by atomic mass is 10.1. The molecule has 198 valence electrons. The van der Waals surface area contributed by atoms with Gasteiger partial charge in [0.15, 0.2) is 11.5 Å². The zero-order valence-electron chi connectivity index (χ0n) is 20.8. The van der Waals surface area contributed by atoms with Crippen molar-refractivity contribution >= 4 is 17.6 Å². The summed E-state index contributed by atoms with van der Waals surface area (Å²) in [5, 5.41) is 6.76. The van der Waals surface area contributed by atoms with Crippen LogP contribution in [-0.4, -0.2) is 51.5 Å². The van der Waals surface area contributed by atoms with Crippen LogP contribution >= 0.6 is 0 Å². The lowest BCUT2D eigenvalue weighted by molar-refractivity contribution is -0.141. The smallest absolute Gasteiger partial charge is 0.435 e. The lowest BCUT2D eigenvalue weighted by Crippen LogP contribution is -2.11. The van der Waals surface area contributed by atoms with E-state index in [1.54, 1.807) is 25.1 Å². The van der Waals surface area contributed by atoms with Crippen LogP contribution < -0.4 is 14.8 Å². The van der Waals surface area contributed by atoms with Crippen molar-refractivity contribution in [1.82, 2.24) is 24.7 Å². The standard InChI is InChI=1S/C25H23F3N6O4/c1-5-38-23(35)16-7-15(11-29-12-16)20-13-30-24(31-17-8-18(36-3)10-19(9-17)37-4)32-22(20)34-14(2)6-21(33-34)25(26,27)28/h6-13H,5H2,1-4H3,(H,30,31,32). The molecule has 4 rings (SSSR count).